The van der Waals surface area contributed by atoms with Crippen LogP contribution in [-0.2, 0) is 0 Å². The summed E-state index contributed by atoms with van der Waals surface area (Å²) in [5.41, 5.74) is 3.54. The van der Waals surface area contributed by atoms with Crippen molar-refractivity contribution in [1.82, 2.24) is 9.80 Å². The van der Waals surface area contributed by atoms with Gasteiger partial charge in [0.05, 0.1) is 17.9 Å². The van der Waals surface area contributed by atoms with Crippen LogP contribution in [0.4, 0.5) is 5.69 Å². The molecule has 2 fully saturated rings. The first-order valence-electron chi connectivity index (χ1n) is 13.3. The Morgan fingerprint density at radius 2 is 1.44 bits per heavy atom. The molecule has 1 N–H and O–H groups in total. The van der Waals surface area contributed by atoms with E-state index in [-0.39, 0.29) is 0 Å². The Morgan fingerprint density at radius 1 is 0.794 bits per heavy atom. The third-order valence-electron chi connectivity index (χ3n) is 7.13. The summed E-state index contributed by atoms with van der Waals surface area (Å²) in [6, 6.07) is 14.2. The molecular formula is C29H41N3O2. The maximum absolute atomic E-state index is 12.3. The molecule has 5 heteroatoms. The minimum Gasteiger partial charge on any atom is -0.491 e. The monoisotopic (exact) mass is 463 g/mol. The van der Waals surface area contributed by atoms with E-state index in [9.17, 15) is 4.79 Å². The lowest BCUT2D eigenvalue weighted by molar-refractivity contribution is 0.112. The number of nitrogens with one attached hydrogen (secondary N) is 1. The van der Waals surface area contributed by atoms with E-state index >= 15 is 0 Å². The second-order valence-electron chi connectivity index (χ2n) is 9.67. The van der Waals surface area contributed by atoms with E-state index in [1.54, 1.807) is 0 Å². The van der Waals surface area contributed by atoms with Gasteiger partial charge in [0.2, 0.25) is 0 Å². The van der Waals surface area contributed by atoms with Crippen LogP contribution >= 0.6 is 0 Å². The van der Waals surface area contributed by atoms with E-state index in [0.717, 1.165) is 55.6 Å². The predicted octanol–water partition coefficient (Wildman–Crippen LogP) is 5.71. The van der Waals surface area contributed by atoms with Gasteiger partial charge >= 0.3 is 0 Å². The minimum absolute atomic E-state index is 0.623. The Kier molecular flexibility index (Phi) is 9.83. The summed E-state index contributed by atoms with van der Waals surface area (Å²) >= 11 is 0. The van der Waals surface area contributed by atoms with Crippen LogP contribution in [0.1, 0.15) is 61.7 Å². The number of hydrogen-bond acceptors (Lipinski definition) is 5. The fourth-order valence-corrected chi connectivity index (χ4v) is 5.23. The number of anilines is 1. The molecule has 0 bridgehead atoms. The number of hydrogen-bond donors (Lipinski definition) is 1. The van der Waals surface area contributed by atoms with Crippen LogP contribution < -0.4 is 10.1 Å². The fraction of sp³-hybridized carbons (Fsp3) is 0.552. The zero-order valence-corrected chi connectivity index (χ0v) is 20.6. The Morgan fingerprint density at radius 3 is 2.09 bits per heavy atom. The van der Waals surface area contributed by atoms with Gasteiger partial charge in [-0.15, -0.1) is 0 Å². The smallest absolute Gasteiger partial charge is 0.154 e. The van der Waals surface area contributed by atoms with Crippen molar-refractivity contribution in [3.63, 3.8) is 0 Å². The maximum Gasteiger partial charge on any atom is 0.154 e. The molecule has 0 aromatic heterocycles. The molecule has 2 saturated heterocycles. The summed E-state index contributed by atoms with van der Waals surface area (Å²) in [7, 11) is 0. The van der Waals surface area contributed by atoms with Crippen LogP contribution in [0, 0.1) is 0 Å². The highest BCUT2D eigenvalue weighted by molar-refractivity contribution is 5.94. The second kappa shape index (κ2) is 13.5. The first-order valence-corrected chi connectivity index (χ1v) is 13.3. The Hall–Kier alpha value is -2.37. The third kappa shape index (κ3) is 7.07. The molecule has 184 valence electrons. The van der Waals surface area contributed by atoms with Crippen molar-refractivity contribution in [2.75, 3.05) is 57.7 Å². The minimum atomic E-state index is 0.623. The number of carbonyl (C=O) groups excluding carboxylic acids is 1. The molecule has 0 radical (unpaired) electrons. The number of nitrogens with zero attached hydrogens (tertiary/aromatic N) is 2. The average Bonchev–Trinajstić information content (AvgIpc) is 2.91. The quantitative estimate of drug-likeness (QED) is 0.323. The predicted molar refractivity (Wildman–Crippen MR) is 141 cm³/mol. The summed E-state index contributed by atoms with van der Waals surface area (Å²) in [5, 5.41) is 3.58. The summed E-state index contributed by atoms with van der Waals surface area (Å²) < 4.78 is 6.33. The molecule has 0 amide bonds. The van der Waals surface area contributed by atoms with Gasteiger partial charge in [0.1, 0.15) is 0 Å². The molecule has 0 aliphatic carbocycles. The second-order valence-corrected chi connectivity index (χ2v) is 9.67. The summed E-state index contributed by atoms with van der Waals surface area (Å²) in [5.74, 6) is 0.702. The molecule has 34 heavy (non-hydrogen) atoms. The van der Waals surface area contributed by atoms with Crippen molar-refractivity contribution in [2.45, 2.75) is 51.4 Å². The van der Waals surface area contributed by atoms with Crippen molar-refractivity contribution >= 4 is 12.0 Å². The van der Waals surface area contributed by atoms with E-state index in [0.29, 0.717) is 17.9 Å². The van der Waals surface area contributed by atoms with E-state index in [2.05, 4.69) is 21.2 Å². The Labute approximate surface area is 205 Å². The molecule has 0 spiro atoms. The van der Waals surface area contributed by atoms with Crippen LogP contribution in [0.2, 0.25) is 0 Å². The number of ether oxygens (including phenoxy) is 1. The largest absolute Gasteiger partial charge is 0.491 e. The molecule has 0 atom stereocenters. The van der Waals surface area contributed by atoms with Crippen LogP contribution in [0.25, 0.3) is 11.1 Å². The lowest BCUT2D eigenvalue weighted by atomic mass is 9.98. The van der Waals surface area contributed by atoms with Crippen molar-refractivity contribution in [3.8, 4) is 16.9 Å². The third-order valence-corrected chi connectivity index (χ3v) is 7.13. The van der Waals surface area contributed by atoms with E-state index < -0.39 is 0 Å². The van der Waals surface area contributed by atoms with Crippen molar-refractivity contribution < 1.29 is 9.53 Å². The zero-order valence-electron chi connectivity index (χ0n) is 20.6. The molecule has 2 heterocycles. The van der Waals surface area contributed by atoms with Crippen LogP contribution in [0.5, 0.6) is 5.75 Å². The van der Waals surface area contributed by atoms with E-state index in [1.165, 1.54) is 64.7 Å². The van der Waals surface area contributed by atoms with Crippen molar-refractivity contribution in [3.05, 3.63) is 48.0 Å². The SMILES string of the molecule is O=Cc1c(-c2ccccc2)ccc(NCCCN2CCCCC2)c1OCCCN1CCCCC1. The summed E-state index contributed by atoms with van der Waals surface area (Å²) in [6.45, 7) is 8.55. The van der Waals surface area contributed by atoms with Gasteiger partial charge in [-0.25, -0.2) is 0 Å². The van der Waals surface area contributed by atoms with Gasteiger partial charge in [-0.1, -0.05) is 49.2 Å². The Bertz CT molecular complexity index is 874. The van der Waals surface area contributed by atoms with Gasteiger partial charge in [0.15, 0.2) is 12.0 Å². The van der Waals surface area contributed by atoms with Gasteiger partial charge < -0.3 is 19.9 Å². The molecule has 2 aromatic carbocycles. The Balaban J connectivity index is 1.41. The molecule has 0 saturated carbocycles. The number of likely N-dealkylation sites (tertiary alicyclic amines) is 2. The molecule has 2 aromatic rings. The van der Waals surface area contributed by atoms with E-state index in [1.807, 2.05) is 36.4 Å². The lowest BCUT2D eigenvalue weighted by Crippen LogP contribution is -2.31. The maximum atomic E-state index is 12.3. The van der Waals surface area contributed by atoms with E-state index in [4.69, 9.17) is 4.74 Å². The van der Waals surface area contributed by atoms with Crippen LogP contribution in [0.3, 0.4) is 0 Å². The number of piperidine rings is 2. The topological polar surface area (TPSA) is 44.8 Å². The van der Waals surface area contributed by atoms with Gasteiger partial charge in [0, 0.05) is 13.1 Å². The molecule has 4 rings (SSSR count). The molecule has 2 aliphatic rings. The van der Waals surface area contributed by atoms with Crippen molar-refractivity contribution in [1.29, 1.82) is 0 Å². The zero-order chi connectivity index (χ0) is 23.4. The summed E-state index contributed by atoms with van der Waals surface area (Å²) in [4.78, 5) is 17.4. The van der Waals surface area contributed by atoms with Gasteiger partial charge in [-0.2, -0.15) is 0 Å². The highest BCUT2D eigenvalue weighted by atomic mass is 16.5. The first-order chi connectivity index (χ1) is 16.8. The number of aldehydes is 1. The van der Waals surface area contributed by atoms with Crippen LogP contribution in [0.15, 0.2) is 42.5 Å². The average molecular weight is 464 g/mol. The fourth-order valence-electron chi connectivity index (χ4n) is 5.23. The molecule has 0 unspecified atom stereocenters. The van der Waals surface area contributed by atoms with Gasteiger partial charge in [0.25, 0.3) is 0 Å². The number of benzene rings is 2. The highest BCUT2D eigenvalue weighted by Gasteiger charge is 2.17. The van der Waals surface area contributed by atoms with Gasteiger partial charge in [-0.3, -0.25) is 4.79 Å². The van der Waals surface area contributed by atoms with Crippen LogP contribution in [-0.4, -0.2) is 68.5 Å². The number of rotatable bonds is 12. The van der Waals surface area contributed by atoms with Gasteiger partial charge in [-0.05, 0) is 88.4 Å². The summed E-state index contributed by atoms with van der Waals surface area (Å²) in [6.07, 6.45) is 11.0. The standard InChI is InChI=1S/C29H41N3O2/c33-24-27-26(25-12-4-1-5-13-25)14-15-28(30-16-10-21-31-17-6-2-7-18-31)29(27)34-23-11-22-32-19-8-3-9-20-32/h1,4-5,12-15,24,30H,2-3,6-11,16-23H2. The van der Waals surface area contributed by atoms with Crippen molar-refractivity contribution in [2.24, 2.45) is 0 Å². The lowest BCUT2D eigenvalue weighted by Gasteiger charge is -2.27. The molecule has 5 nitrogen and oxygen atoms in total. The molecule has 2 aliphatic heterocycles. The number of carbonyl (C=O) groups is 1. The first kappa shape index (κ1) is 24.7. The molecular weight excluding hydrogens is 422 g/mol. The highest BCUT2D eigenvalue weighted by Crippen LogP contribution is 2.36. The normalized spacial score (nSPS) is 17.4.